The molecule has 0 spiro atoms. The summed E-state index contributed by atoms with van der Waals surface area (Å²) in [5.41, 5.74) is 0.308. The van der Waals surface area contributed by atoms with Crippen molar-refractivity contribution in [2.75, 3.05) is 6.61 Å². The Bertz CT molecular complexity index is 431. The summed E-state index contributed by atoms with van der Waals surface area (Å²) in [5.74, 6) is -0.644. The Morgan fingerprint density at radius 2 is 2.11 bits per heavy atom. The van der Waals surface area contributed by atoms with Crippen molar-refractivity contribution in [2.24, 2.45) is 0 Å². The van der Waals surface area contributed by atoms with Crippen LogP contribution in [-0.2, 0) is 9.53 Å². The molecule has 0 aliphatic heterocycles. The van der Waals surface area contributed by atoms with Crippen molar-refractivity contribution in [1.82, 2.24) is 0 Å². The van der Waals surface area contributed by atoms with Gasteiger partial charge in [-0.3, -0.25) is 0 Å². The standard InChI is InChI=1S/C14H19FO4/c1-4-12(14(17)18-5-2)19-13-7-6-10(15)8-11(13)9(3)16/h6-9,12,16H,4-5H2,1-3H3/t9-,12?/m1/s1. The van der Waals surface area contributed by atoms with Crippen LogP contribution in [0.15, 0.2) is 18.2 Å². The number of carbonyl (C=O) groups excluding carboxylic acids is 1. The molecular weight excluding hydrogens is 251 g/mol. The van der Waals surface area contributed by atoms with Crippen LogP contribution in [0.5, 0.6) is 5.75 Å². The van der Waals surface area contributed by atoms with Crippen LogP contribution >= 0.6 is 0 Å². The van der Waals surface area contributed by atoms with E-state index in [4.69, 9.17) is 9.47 Å². The van der Waals surface area contributed by atoms with Gasteiger partial charge in [-0.2, -0.15) is 0 Å². The van der Waals surface area contributed by atoms with Crippen LogP contribution in [-0.4, -0.2) is 23.8 Å². The average Bonchev–Trinajstić information content (AvgIpc) is 2.37. The lowest BCUT2D eigenvalue weighted by atomic mass is 10.1. The van der Waals surface area contributed by atoms with Gasteiger partial charge in [0.2, 0.25) is 0 Å². The van der Waals surface area contributed by atoms with Crippen LogP contribution in [0.2, 0.25) is 0 Å². The van der Waals surface area contributed by atoms with Gasteiger partial charge < -0.3 is 14.6 Å². The van der Waals surface area contributed by atoms with E-state index in [1.54, 1.807) is 13.8 Å². The lowest BCUT2D eigenvalue weighted by molar-refractivity contribution is -0.151. The van der Waals surface area contributed by atoms with Crippen LogP contribution in [0.4, 0.5) is 4.39 Å². The summed E-state index contributed by atoms with van der Waals surface area (Å²) in [6.45, 7) is 5.27. The predicted octanol–water partition coefficient (Wildman–Crippen LogP) is 2.60. The third-order valence-electron chi connectivity index (χ3n) is 2.61. The summed E-state index contributed by atoms with van der Waals surface area (Å²) in [6.07, 6.45) is -1.22. The quantitative estimate of drug-likeness (QED) is 0.807. The molecule has 0 fully saturated rings. The number of halogens is 1. The van der Waals surface area contributed by atoms with Crippen molar-refractivity contribution in [3.63, 3.8) is 0 Å². The fourth-order valence-corrected chi connectivity index (χ4v) is 1.64. The van der Waals surface area contributed by atoms with Gasteiger partial charge >= 0.3 is 5.97 Å². The lowest BCUT2D eigenvalue weighted by Gasteiger charge is -2.19. The molecule has 0 amide bonds. The SMILES string of the molecule is CCOC(=O)C(CC)Oc1ccc(F)cc1[C@@H](C)O. The molecule has 1 aromatic rings. The minimum Gasteiger partial charge on any atom is -0.478 e. The minimum absolute atomic E-state index is 0.269. The van der Waals surface area contributed by atoms with E-state index < -0.39 is 24.0 Å². The highest BCUT2D eigenvalue weighted by Crippen LogP contribution is 2.27. The number of rotatable bonds is 6. The van der Waals surface area contributed by atoms with Crippen LogP contribution in [0, 0.1) is 5.82 Å². The molecule has 0 saturated heterocycles. The third kappa shape index (κ3) is 4.21. The molecule has 0 aromatic heterocycles. The minimum atomic E-state index is -0.884. The molecule has 0 aliphatic carbocycles. The average molecular weight is 270 g/mol. The molecule has 1 aromatic carbocycles. The molecule has 2 atom stereocenters. The fraction of sp³-hybridized carbons (Fsp3) is 0.500. The molecule has 1 N–H and O–H groups in total. The topological polar surface area (TPSA) is 55.8 Å². The number of benzene rings is 1. The van der Waals surface area contributed by atoms with E-state index in [1.807, 2.05) is 0 Å². The van der Waals surface area contributed by atoms with Crippen molar-refractivity contribution in [3.8, 4) is 5.75 Å². The molecule has 1 rings (SSSR count). The van der Waals surface area contributed by atoms with E-state index >= 15 is 0 Å². The summed E-state index contributed by atoms with van der Waals surface area (Å²) >= 11 is 0. The normalized spacial score (nSPS) is 13.7. The monoisotopic (exact) mass is 270 g/mol. The Balaban J connectivity index is 2.93. The van der Waals surface area contributed by atoms with Crippen LogP contribution < -0.4 is 4.74 Å². The summed E-state index contributed by atoms with van der Waals surface area (Å²) in [7, 11) is 0. The van der Waals surface area contributed by atoms with Gasteiger partial charge in [0.15, 0.2) is 6.10 Å². The van der Waals surface area contributed by atoms with Crippen molar-refractivity contribution in [1.29, 1.82) is 0 Å². The van der Waals surface area contributed by atoms with E-state index in [1.165, 1.54) is 25.1 Å². The van der Waals surface area contributed by atoms with Gasteiger partial charge in [-0.15, -0.1) is 0 Å². The third-order valence-corrected chi connectivity index (χ3v) is 2.61. The van der Waals surface area contributed by atoms with E-state index in [0.717, 1.165) is 0 Å². The van der Waals surface area contributed by atoms with Crippen LogP contribution in [0.3, 0.4) is 0 Å². The molecule has 0 bridgehead atoms. The second-order valence-corrected chi connectivity index (χ2v) is 4.12. The summed E-state index contributed by atoms with van der Waals surface area (Å²) in [4.78, 5) is 11.6. The Kier molecular flexibility index (Phi) is 5.76. The summed E-state index contributed by atoms with van der Waals surface area (Å²) < 4.78 is 23.6. The van der Waals surface area contributed by atoms with Crippen molar-refractivity contribution in [2.45, 2.75) is 39.4 Å². The van der Waals surface area contributed by atoms with E-state index in [2.05, 4.69) is 0 Å². The fourth-order valence-electron chi connectivity index (χ4n) is 1.64. The predicted molar refractivity (Wildman–Crippen MR) is 68.4 cm³/mol. The first-order valence-corrected chi connectivity index (χ1v) is 6.30. The van der Waals surface area contributed by atoms with Crippen molar-refractivity contribution >= 4 is 5.97 Å². The summed E-state index contributed by atoms with van der Waals surface area (Å²) in [6, 6.07) is 3.82. The van der Waals surface area contributed by atoms with Gasteiger partial charge in [-0.1, -0.05) is 6.92 Å². The maximum Gasteiger partial charge on any atom is 0.347 e. The molecule has 0 saturated carbocycles. The highest BCUT2D eigenvalue weighted by molar-refractivity contribution is 5.75. The number of ether oxygens (including phenoxy) is 2. The number of aliphatic hydroxyl groups is 1. The first kappa shape index (κ1) is 15.4. The number of esters is 1. The maximum absolute atomic E-state index is 13.1. The molecule has 106 valence electrons. The van der Waals surface area contributed by atoms with Crippen molar-refractivity contribution < 1.29 is 23.8 Å². The number of carbonyl (C=O) groups is 1. The van der Waals surface area contributed by atoms with Gasteiger partial charge in [0.05, 0.1) is 12.7 Å². The Morgan fingerprint density at radius 3 is 2.63 bits per heavy atom. The number of hydrogen-bond acceptors (Lipinski definition) is 4. The molecule has 1 unspecified atom stereocenters. The van der Waals surface area contributed by atoms with Crippen LogP contribution in [0.25, 0.3) is 0 Å². The highest BCUT2D eigenvalue weighted by Gasteiger charge is 2.22. The molecule has 5 heteroatoms. The van der Waals surface area contributed by atoms with E-state index in [0.29, 0.717) is 12.0 Å². The zero-order chi connectivity index (χ0) is 14.4. The first-order chi connectivity index (χ1) is 8.99. The molecule has 19 heavy (non-hydrogen) atoms. The Morgan fingerprint density at radius 1 is 1.42 bits per heavy atom. The zero-order valence-electron chi connectivity index (χ0n) is 11.4. The molecule has 4 nitrogen and oxygen atoms in total. The smallest absolute Gasteiger partial charge is 0.347 e. The van der Waals surface area contributed by atoms with Gasteiger partial charge in [-0.05, 0) is 38.5 Å². The molecule has 0 heterocycles. The lowest BCUT2D eigenvalue weighted by Crippen LogP contribution is -2.29. The van der Waals surface area contributed by atoms with Crippen LogP contribution in [0.1, 0.15) is 38.9 Å². The number of aliphatic hydroxyl groups excluding tert-OH is 1. The Hall–Kier alpha value is -1.62. The van der Waals surface area contributed by atoms with E-state index in [9.17, 15) is 14.3 Å². The zero-order valence-corrected chi connectivity index (χ0v) is 11.4. The highest BCUT2D eigenvalue weighted by atomic mass is 19.1. The Labute approximate surface area is 112 Å². The van der Waals surface area contributed by atoms with Gasteiger partial charge in [0.1, 0.15) is 11.6 Å². The second kappa shape index (κ2) is 7.09. The second-order valence-electron chi connectivity index (χ2n) is 4.12. The first-order valence-electron chi connectivity index (χ1n) is 6.30. The van der Waals surface area contributed by atoms with Gasteiger partial charge in [-0.25, -0.2) is 9.18 Å². The van der Waals surface area contributed by atoms with E-state index in [-0.39, 0.29) is 12.4 Å². The van der Waals surface area contributed by atoms with Gasteiger partial charge in [0.25, 0.3) is 0 Å². The molecule has 0 aliphatic rings. The van der Waals surface area contributed by atoms with Gasteiger partial charge in [0, 0.05) is 5.56 Å². The maximum atomic E-state index is 13.1. The van der Waals surface area contributed by atoms with Crippen molar-refractivity contribution in [3.05, 3.63) is 29.6 Å². The number of hydrogen-bond donors (Lipinski definition) is 1. The molecule has 0 radical (unpaired) electrons. The molecular formula is C14H19FO4. The summed E-state index contributed by atoms with van der Waals surface area (Å²) in [5, 5.41) is 9.59. The largest absolute Gasteiger partial charge is 0.478 e.